The molecule has 0 spiro atoms. The number of nitrogens with one attached hydrogen (secondary N) is 1. The summed E-state index contributed by atoms with van der Waals surface area (Å²) in [6.45, 7) is 6.84. The van der Waals surface area contributed by atoms with E-state index >= 15 is 0 Å². The zero-order valence-corrected chi connectivity index (χ0v) is 19.4. The van der Waals surface area contributed by atoms with Gasteiger partial charge in [-0.05, 0) is 32.9 Å². The van der Waals surface area contributed by atoms with Gasteiger partial charge in [0.1, 0.15) is 11.1 Å². The molecule has 1 heterocycles. The van der Waals surface area contributed by atoms with Crippen LogP contribution in [0.25, 0.3) is 0 Å². The van der Waals surface area contributed by atoms with Crippen molar-refractivity contribution in [2.75, 3.05) is 34.8 Å². The molecule has 0 radical (unpaired) electrons. The van der Waals surface area contributed by atoms with Crippen LogP contribution in [0.1, 0.15) is 42.6 Å². The second-order valence-electron chi connectivity index (χ2n) is 7.42. The van der Waals surface area contributed by atoms with Crippen LogP contribution in [-0.2, 0) is 17.8 Å². The van der Waals surface area contributed by atoms with Crippen molar-refractivity contribution in [1.82, 2.24) is 20.1 Å². The monoisotopic (exact) mass is 417 g/mol. The van der Waals surface area contributed by atoms with Gasteiger partial charge >= 0.3 is 0 Å². The molecule has 160 valence electrons. The summed E-state index contributed by atoms with van der Waals surface area (Å²) in [5, 5.41) is 6.58. The Hall–Kier alpha value is -1.96. The molecule has 0 aliphatic carbocycles. The van der Waals surface area contributed by atoms with Crippen LogP contribution in [0.3, 0.4) is 0 Å². The number of nitrogens with zero attached hydrogens (tertiary/aromatic N) is 4. The fourth-order valence-corrected chi connectivity index (χ4v) is 3.87. The summed E-state index contributed by atoms with van der Waals surface area (Å²) in [6.07, 6.45) is 1.08. The zero-order chi connectivity index (χ0) is 21.2. The molecule has 2 rings (SSSR count). The van der Waals surface area contributed by atoms with Crippen LogP contribution in [0.4, 0.5) is 0 Å². The van der Waals surface area contributed by atoms with Gasteiger partial charge in [-0.15, -0.1) is 11.3 Å². The minimum absolute atomic E-state index is 0.0332. The molecular weight excluding hydrogens is 382 g/mol. The van der Waals surface area contributed by atoms with Gasteiger partial charge < -0.3 is 15.0 Å². The van der Waals surface area contributed by atoms with Gasteiger partial charge in [0.25, 0.3) is 0 Å². The number of guanidine groups is 1. The van der Waals surface area contributed by atoms with Crippen molar-refractivity contribution in [3.05, 3.63) is 52.0 Å². The number of hydrogen-bond donors (Lipinski definition) is 1. The average molecular weight is 418 g/mol. The molecule has 0 aliphatic rings. The van der Waals surface area contributed by atoms with Gasteiger partial charge in [0.15, 0.2) is 5.96 Å². The molecule has 0 amide bonds. The standard InChI is InChI=1S/C22H35N5OS/c1-17(26(4)14-19-10-8-7-9-11-19)12-13-24-22(23-3)27(5)15-20-16-29-21(25-20)18(2)28-6/h7-11,16-18H,12-15H2,1-6H3,(H,23,24). The van der Waals surface area contributed by atoms with Crippen molar-refractivity contribution >= 4 is 17.3 Å². The van der Waals surface area contributed by atoms with Gasteiger partial charge in [-0.3, -0.25) is 9.89 Å². The topological polar surface area (TPSA) is 53.0 Å². The Labute approximate surface area is 179 Å². The van der Waals surface area contributed by atoms with E-state index in [-0.39, 0.29) is 6.10 Å². The van der Waals surface area contributed by atoms with E-state index in [9.17, 15) is 0 Å². The van der Waals surface area contributed by atoms with Gasteiger partial charge in [-0.2, -0.15) is 0 Å². The summed E-state index contributed by atoms with van der Waals surface area (Å²) in [5.41, 5.74) is 2.38. The molecule has 1 aromatic heterocycles. The van der Waals surface area contributed by atoms with E-state index in [0.717, 1.165) is 42.7 Å². The van der Waals surface area contributed by atoms with Crippen LogP contribution in [0, 0.1) is 0 Å². The lowest BCUT2D eigenvalue weighted by atomic mass is 10.1. The maximum absolute atomic E-state index is 5.35. The van der Waals surface area contributed by atoms with E-state index < -0.39 is 0 Å². The number of ether oxygens (including phenoxy) is 1. The largest absolute Gasteiger partial charge is 0.375 e. The van der Waals surface area contributed by atoms with Crippen LogP contribution >= 0.6 is 11.3 Å². The molecule has 0 saturated heterocycles. The second kappa shape index (κ2) is 11.9. The highest BCUT2D eigenvalue weighted by Crippen LogP contribution is 2.20. The van der Waals surface area contributed by atoms with E-state index in [1.807, 2.05) is 21.0 Å². The Bertz CT molecular complexity index is 749. The maximum atomic E-state index is 5.35. The van der Waals surface area contributed by atoms with E-state index in [2.05, 4.69) is 74.8 Å². The van der Waals surface area contributed by atoms with Gasteiger partial charge in [0, 0.05) is 45.7 Å². The molecule has 7 heteroatoms. The third-order valence-corrected chi connectivity index (χ3v) is 6.17. The average Bonchev–Trinajstić information content (AvgIpc) is 3.19. The summed E-state index contributed by atoms with van der Waals surface area (Å²) >= 11 is 1.64. The highest BCUT2D eigenvalue weighted by Gasteiger charge is 2.14. The Balaban J connectivity index is 1.78. The summed E-state index contributed by atoms with van der Waals surface area (Å²) < 4.78 is 5.35. The Morgan fingerprint density at radius 3 is 2.59 bits per heavy atom. The third-order valence-electron chi connectivity index (χ3n) is 5.12. The minimum atomic E-state index is 0.0332. The quantitative estimate of drug-likeness (QED) is 0.471. The van der Waals surface area contributed by atoms with Crippen molar-refractivity contribution in [3.8, 4) is 0 Å². The number of methoxy groups -OCH3 is 1. The van der Waals surface area contributed by atoms with Gasteiger partial charge in [-0.25, -0.2) is 4.98 Å². The molecule has 0 aliphatic heterocycles. The lowest BCUT2D eigenvalue weighted by Crippen LogP contribution is -2.40. The number of aliphatic imine (C=N–C) groups is 1. The molecule has 29 heavy (non-hydrogen) atoms. The summed E-state index contributed by atoms with van der Waals surface area (Å²) in [4.78, 5) is 13.6. The van der Waals surface area contributed by atoms with Gasteiger partial charge in [0.05, 0.1) is 12.2 Å². The van der Waals surface area contributed by atoms with Crippen molar-refractivity contribution in [2.24, 2.45) is 4.99 Å². The number of aromatic nitrogens is 1. The van der Waals surface area contributed by atoms with Crippen LogP contribution < -0.4 is 5.32 Å². The highest BCUT2D eigenvalue weighted by molar-refractivity contribution is 7.09. The summed E-state index contributed by atoms with van der Waals surface area (Å²) in [7, 11) is 7.75. The van der Waals surface area contributed by atoms with E-state index in [0.29, 0.717) is 6.04 Å². The number of benzene rings is 1. The molecule has 0 fully saturated rings. The first kappa shape index (κ1) is 23.3. The normalized spacial score (nSPS) is 14.1. The smallest absolute Gasteiger partial charge is 0.193 e. The molecule has 6 nitrogen and oxygen atoms in total. The first-order valence-corrected chi connectivity index (χ1v) is 11.0. The summed E-state index contributed by atoms with van der Waals surface area (Å²) in [5.74, 6) is 0.886. The van der Waals surface area contributed by atoms with Gasteiger partial charge in [0.2, 0.25) is 0 Å². The molecule has 0 bridgehead atoms. The maximum Gasteiger partial charge on any atom is 0.193 e. The van der Waals surface area contributed by atoms with Crippen molar-refractivity contribution in [3.63, 3.8) is 0 Å². The predicted octanol–water partition coefficient (Wildman–Crippen LogP) is 3.77. The molecule has 2 aromatic rings. The first-order valence-electron chi connectivity index (χ1n) is 10.1. The highest BCUT2D eigenvalue weighted by atomic mass is 32.1. The van der Waals surface area contributed by atoms with Crippen molar-refractivity contribution in [2.45, 2.75) is 45.5 Å². The fourth-order valence-electron chi connectivity index (χ4n) is 3.03. The second-order valence-corrected chi connectivity index (χ2v) is 8.31. The lowest BCUT2D eigenvalue weighted by molar-refractivity contribution is 0.119. The van der Waals surface area contributed by atoms with E-state index in [4.69, 9.17) is 4.74 Å². The Kier molecular flexibility index (Phi) is 9.57. The fraction of sp³-hybridized carbons (Fsp3) is 0.545. The van der Waals surface area contributed by atoms with E-state index in [1.165, 1.54) is 5.56 Å². The molecular formula is C22H35N5OS. The Morgan fingerprint density at radius 2 is 1.93 bits per heavy atom. The lowest BCUT2D eigenvalue weighted by Gasteiger charge is -2.26. The molecule has 2 atom stereocenters. The van der Waals surface area contributed by atoms with Crippen LogP contribution in [-0.4, -0.2) is 61.6 Å². The molecule has 1 aromatic carbocycles. The van der Waals surface area contributed by atoms with Crippen LogP contribution in [0.5, 0.6) is 0 Å². The Morgan fingerprint density at radius 1 is 1.21 bits per heavy atom. The third kappa shape index (κ3) is 7.42. The van der Waals surface area contributed by atoms with Crippen molar-refractivity contribution < 1.29 is 4.74 Å². The van der Waals surface area contributed by atoms with Crippen LogP contribution in [0.2, 0.25) is 0 Å². The van der Waals surface area contributed by atoms with Gasteiger partial charge in [-0.1, -0.05) is 30.3 Å². The number of rotatable bonds is 10. The van der Waals surface area contributed by atoms with Crippen molar-refractivity contribution in [1.29, 1.82) is 0 Å². The summed E-state index contributed by atoms with van der Waals surface area (Å²) in [6, 6.07) is 11.1. The SMILES string of the molecule is CN=C(NCCC(C)N(C)Cc1ccccc1)N(C)Cc1csc(C(C)OC)n1. The van der Waals surface area contributed by atoms with Crippen LogP contribution in [0.15, 0.2) is 40.7 Å². The first-order chi connectivity index (χ1) is 13.9. The predicted molar refractivity (Wildman–Crippen MR) is 122 cm³/mol. The molecule has 1 N–H and O–H groups in total. The number of thiazole rings is 1. The number of hydrogen-bond acceptors (Lipinski definition) is 5. The molecule has 2 unspecified atom stereocenters. The zero-order valence-electron chi connectivity index (χ0n) is 18.6. The van der Waals surface area contributed by atoms with E-state index in [1.54, 1.807) is 18.4 Å². The minimum Gasteiger partial charge on any atom is -0.375 e. The molecule has 0 saturated carbocycles.